The molecule has 2 amide bonds. The number of amides is 2. The Hall–Kier alpha value is -2.79. The van der Waals surface area contributed by atoms with Gasteiger partial charge in [-0.15, -0.1) is 0 Å². The minimum absolute atomic E-state index is 0.141. The lowest BCUT2D eigenvalue weighted by molar-refractivity contribution is -0.129. The lowest BCUT2D eigenvalue weighted by atomic mass is 9.81. The zero-order valence-corrected chi connectivity index (χ0v) is 16.7. The molecule has 2 unspecified atom stereocenters. The zero-order valence-electron chi connectivity index (χ0n) is 16.0. The monoisotopic (exact) mass is 397 g/mol. The van der Waals surface area contributed by atoms with Crippen LogP contribution in [0.2, 0.25) is 5.02 Å². The van der Waals surface area contributed by atoms with Gasteiger partial charge in [0.2, 0.25) is 11.8 Å². The summed E-state index contributed by atoms with van der Waals surface area (Å²) in [7, 11) is 3.93. The zero-order chi connectivity index (χ0) is 20.1. The average Bonchev–Trinajstić information content (AvgIpc) is 2.70. The average molecular weight is 398 g/mol. The van der Waals surface area contributed by atoms with Crippen LogP contribution in [-0.4, -0.2) is 25.9 Å². The number of allylic oxidation sites excluding steroid dienone is 2. The van der Waals surface area contributed by atoms with Crippen molar-refractivity contribution in [2.75, 3.05) is 29.6 Å². The molecule has 0 aromatic heterocycles. The van der Waals surface area contributed by atoms with Crippen molar-refractivity contribution in [2.24, 2.45) is 11.8 Å². The molecule has 0 spiro atoms. The molecule has 0 heterocycles. The Morgan fingerprint density at radius 2 is 1.25 bits per heavy atom. The number of anilines is 3. The van der Waals surface area contributed by atoms with Crippen LogP contribution in [0.25, 0.3) is 0 Å². The lowest BCUT2D eigenvalue weighted by Gasteiger charge is -2.27. The molecule has 1 aliphatic rings. The fraction of sp³-hybridized carbons (Fsp3) is 0.273. The second-order valence-electron chi connectivity index (χ2n) is 7.08. The summed E-state index contributed by atoms with van der Waals surface area (Å²) in [4.78, 5) is 27.6. The van der Waals surface area contributed by atoms with Crippen molar-refractivity contribution >= 4 is 40.5 Å². The Bertz CT molecular complexity index is 860. The lowest BCUT2D eigenvalue weighted by Crippen LogP contribution is -2.37. The van der Waals surface area contributed by atoms with E-state index in [9.17, 15) is 9.59 Å². The molecule has 2 aromatic rings. The predicted octanol–water partition coefficient (Wildman–Crippen LogP) is 4.57. The number of halogens is 1. The Kier molecular flexibility index (Phi) is 6.37. The van der Waals surface area contributed by atoms with Crippen molar-refractivity contribution in [1.82, 2.24) is 0 Å². The van der Waals surface area contributed by atoms with Crippen LogP contribution in [0, 0.1) is 11.8 Å². The van der Waals surface area contributed by atoms with Gasteiger partial charge in [0.25, 0.3) is 0 Å². The molecule has 1 aliphatic carbocycles. The number of nitrogens with one attached hydrogen (secondary N) is 2. The van der Waals surface area contributed by atoms with E-state index in [4.69, 9.17) is 11.6 Å². The van der Waals surface area contributed by atoms with Crippen molar-refractivity contribution in [1.29, 1.82) is 0 Å². The highest BCUT2D eigenvalue weighted by atomic mass is 35.5. The van der Waals surface area contributed by atoms with E-state index in [1.54, 1.807) is 24.3 Å². The third kappa shape index (κ3) is 4.93. The summed E-state index contributed by atoms with van der Waals surface area (Å²) < 4.78 is 0. The van der Waals surface area contributed by atoms with Crippen LogP contribution in [0.1, 0.15) is 12.8 Å². The van der Waals surface area contributed by atoms with Gasteiger partial charge < -0.3 is 15.5 Å². The number of benzene rings is 2. The van der Waals surface area contributed by atoms with E-state index in [1.807, 2.05) is 55.4 Å². The second-order valence-corrected chi connectivity index (χ2v) is 7.52. The maximum atomic E-state index is 12.8. The topological polar surface area (TPSA) is 61.4 Å². The molecular weight excluding hydrogens is 374 g/mol. The van der Waals surface area contributed by atoms with Crippen molar-refractivity contribution in [2.45, 2.75) is 12.8 Å². The second kappa shape index (κ2) is 8.93. The van der Waals surface area contributed by atoms with Crippen molar-refractivity contribution in [3.05, 3.63) is 65.7 Å². The first-order valence-corrected chi connectivity index (χ1v) is 9.61. The van der Waals surface area contributed by atoms with E-state index < -0.39 is 11.8 Å². The Labute approximate surface area is 170 Å². The quantitative estimate of drug-likeness (QED) is 0.727. The van der Waals surface area contributed by atoms with E-state index in [-0.39, 0.29) is 11.8 Å². The van der Waals surface area contributed by atoms with Gasteiger partial charge in [-0.2, -0.15) is 0 Å². The highest BCUT2D eigenvalue weighted by Gasteiger charge is 2.34. The van der Waals surface area contributed by atoms with Gasteiger partial charge >= 0.3 is 0 Å². The maximum absolute atomic E-state index is 12.8. The van der Waals surface area contributed by atoms with Crippen LogP contribution in [0.15, 0.2) is 60.7 Å². The summed E-state index contributed by atoms with van der Waals surface area (Å²) in [5.41, 5.74) is 2.45. The van der Waals surface area contributed by atoms with Gasteiger partial charge in [-0.25, -0.2) is 0 Å². The van der Waals surface area contributed by atoms with E-state index >= 15 is 0 Å². The van der Waals surface area contributed by atoms with Crippen molar-refractivity contribution in [3.8, 4) is 0 Å². The first kappa shape index (κ1) is 20.0. The molecule has 0 saturated heterocycles. The van der Waals surface area contributed by atoms with E-state index in [0.29, 0.717) is 23.6 Å². The first-order valence-electron chi connectivity index (χ1n) is 9.24. The molecule has 2 N–H and O–H groups in total. The van der Waals surface area contributed by atoms with Crippen LogP contribution in [0.4, 0.5) is 17.1 Å². The van der Waals surface area contributed by atoms with Gasteiger partial charge in [0.1, 0.15) is 0 Å². The molecule has 5 nitrogen and oxygen atoms in total. The van der Waals surface area contributed by atoms with Gasteiger partial charge in [-0.05, 0) is 61.4 Å². The molecule has 6 heteroatoms. The summed E-state index contributed by atoms with van der Waals surface area (Å²) in [5.74, 6) is -1.12. The first-order chi connectivity index (χ1) is 13.4. The van der Waals surface area contributed by atoms with E-state index in [2.05, 4.69) is 10.6 Å². The van der Waals surface area contributed by atoms with Crippen LogP contribution in [0.5, 0.6) is 0 Å². The normalized spacial score (nSPS) is 18.4. The maximum Gasteiger partial charge on any atom is 0.228 e. The standard InChI is InChI=1S/C22H24ClN3O2/c1-26(2)18-13-11-17(12-14-18)25-22(28)20-6-4-3-5-19(20)21(27)24-16-9-7-15(23)8-10-16/h3-4,7-14,19-20H,5-6H2,1-2H3,(H,24,27)(H,25,28). The molecular formula is C22H24ClN3O2. The van der Waals surface area contributed by atoms with Gasteiger partial charge in [0, 0.05) is 36.2 Å². The van der Waals surface area contributed by atoms with Crippen LogP contribution < -0.4 is 15.5 Å². The number of carbonyl (C=O) groups excluding carboxylic acids is 2. The molecule has 0 aliphatic heterocycles. The molecule has 3 rings (SSSR count). The fourth-order valence-electron chi connectivity index (χ4n) is 3.24. The minimum atomic E-state index is -0.415. The summed E-state index contributed by atoms with van der Waals surface area (Å²) >= 11 is 5.89. The summed E-state index contributed by atoms with van der Waals surface area (Å²) in [6.07, 6.45) is 5.00. The van der Waals surface area contributed by atoms with Gasteiger partial charge in [-0.3, -0.25) is 9.59 Å². The fourth-order valence-corrected chi connectivity index (χ4v) is 3.37. The third-order valence-electron chi connectivity index (χ3n) is 4.87. The molecule has 0 saturated carbocycles. The number of carbonyl (C=O) groups is 2. The van der Waals surface area contributed by atoms with Gasteiger partial charge in [-0.1, -0.05) is 23.8 Å². The molecule has 0 fully saturated rings. The summed E-state index contributed by atoms with van der Waals surface area (Å²) in [5, 5.41) is 6.44. The van der Waals surface area contributed by atoms with Crippen molar-refractivity contribution < 1.29 is 9.59 Å². The number of nitrogens with zero attached hydrogens (tertiary/aromatic N) is 1. The Morgan fingerprint density at radius 3 is 1.68 bits per heavy atom. The predicted molar refractivity (Wildman–Crippen MR) is 115 cm³/mol. The van der Waals surface area contributed by atoms with E-state index in [0.717, 1.165) is 11.4 Å². The molecule has 2 atom stereocenters. The Balaban J connectivity index is 1.68. The molecule has 0 bridgehead atoms. The smallest absolute Gasteiger partial charge is 0.228 e. The summed E-state index contributed by atoms with van der Waals surface area (Å²) in [6.45, 7) is 0. The third-order valence-corrected chi connectivity index (χ3v) is 5.12. The Morgan fingerprint density at radius 1 is 0.821 bits per heavy atom. The largest absolute Gasteiger partial charge is 0.378 e. The van der Waals surface area contributed by atoms with Crippen molar-refractivity contribution in [3.63, 3.8) is 0 Å². The molecule has 146 valence electrons. The highest BCUT2D eigenvalue weighted by Crippen LogP contribution is 2.29. The minimum Gasteiger partial charge on any atom is -0.378 e. The molecule has 28 heavy (non-hydrogen) atoms. The number of hydrogen-bond donors (Lipinski definition) is 2. The molecule has 2 aromatic carbocycles. The number of rotatable bonds is 5. The highest BCUT2D eigenvalue weighted by molar-refractivity contribution is 6.30. The van der Waals surface area contributed by atoms with Crippen LogP contribution in [-0.2, 0) is 9.59 Å². The SMILES string of the molecule is CN(C)c1ccc(NC(=O)C2CC=CCC2C(=O)Nc2ccc(Cl)cc2)cc1. The number of hydrogen-bond acceptors (Lipinski definition) is 3. The van der Waals surface area contributed by atoms with Gasteiger partial charge in [0.05, 0.1) is 11.8 Å². The molecule has 0 radical (unpaired) electrons. The van der Waals surface area contributed by atoms with E-state index in [1.165, 1.54) is 0 Å². The van der Waals surface area contributed by atoms with Crippen LogP contribution in [0.3, 0.4) is 0 Å². The summed E-state index contributed by atoms with van der Waals surface area (Å²) in [6, 6.07) is 14.6. The van der Waals surface area contributed by atoms with Crippen LogP contribution >= 0.6 is 11.6 Å². The van der Waals surface area contributed by atoms with Gasteiger partial charge in [0.15, 0.2) is 0 Å².